The molecule has 8 heteroatoms. The summed E-state index contributed by atoms with van der Waals surface area (Å²) in [6, 6.07) is 5.02. The molecule has 1 aromatic carbocycles. The van der Waals surface area contributed by atoms with Gasteiger partial charge in [0.1, 0.15) is 0 Å². The van der Waals surface area contributed by atoms with Gasteiger partial charge in [0.15, 0.2) is 0 Å². The van der Waals surface area contributed by atoms with Gasteiger partial charge in [-0.1, -0.05) is 27.5 Å². The van der Waals surface area contributed by atoms with Crippen LogP contribution in [0.25, 0.3) is 0 Å². The first-order chi connectivity index (χ1) is 9.27. The number of hydrogen-bond acceptors (Lipinski definition) is 3. The molecule has 1 saturated heterocycles. The molecule has 0 aromatic heterocycles. The van der Waals surface area contributed by atoms with E-state index in [4.69, 9.17) is 11.6 Å². The number of carbonyl (C=O) groups is 1. The van der Waals surface area contributed by atoms with Gasteiger partial charge in [0.2, 0.25) is 10.0 Å². The number of halogens is 2. The quantitative estimate of drug-likeness (QED) is 0.785. The third-order valence-corrected chi connectivity index (χ3v) is 5.08. The van der Waals surface area contributed by atoms with Crippen LogP contribution in [0.4, 0.5) is 0 Å². The molecule has 0 radical (unpaired) electrons. The van der Waals surface area contributed by atoms with Crippen molar-refractivity contribution in [1.82, 2.24) is 9.21 Å². The van der Waals surface area contributed by atoms with Crippen molar-refractivity contribution in [3.8, 4) is 0 Å². The lowest BCUT2D eigenvalue weighted by Gasteiger charge is -2.33. The van der Waals surface area contributed by atoms with E-state index >= 15 is 0 Å². The van der Waals surface area contributed by atoms with E-state index < -0.39 is 10.0 Å². The van der Waals surface area contributed by atoms with Crippen LogP contribution in [0.15, 0.2) is 22.7 Å². The molecule has 5 nitrogen and oxygen atoms in total. The van der Waals surface area contributed by atoms with E-state index in [1.54, 1.807) is 23.1 Å². The van der Waals surface area contributed by atoms with E-state index in [1.807, 2.05) is 0 Å². The van der Waals surface area contributed by atoms with Crippen LogP contribution in [0.3, 0.4) is 0 Å². The van der Waals surface area contributed by atoms with E-state index in [0.29, 0.717) is 36.8 Å². The molecule has 0 aliphatic carbocycles. The SMILES string of the molecule is CS(=O)(=O)N1CCN(C(=O)c2cc(Cl)cc(Br)c2)CC1. The Labute approximate surface area is 131 Å². The van der Waals surface area contributed by atoms with Crippen molar-refractivity contribution in [1.29, 1.82) is 0 Å². The maximum absolute atomic E-state index is 12.3. The molecule has 0 atom stereocenters. The van der Waals surface area contributed by atoms with Gasteiger partial charge >= 0.3 is 0 Å². The van der Waals surface area contributed by atoms with Crippen LogP contribution in [-0.2, 0) is 10.0 Å². The van der Waals surface area contributed by atoms with Crippen molar-refractivity contribution in [2.45, 2.75) is 0 Å². The van der Waals surface area contributed by atoms with Crippen LogP contribution in [0.5, 0.6) is 0 Å². The predicted octanol–water partition coefficient (Wildman–Crippen LogP) is 1.82. The molecular formula is C12H14BrClN2O3S. The van der Waals surface area contributed by atoms with Gasteiger partial charge in [-0.05, 0) is 18.2 Å². The topological polar surface area (TPSA) is 57.7 Å². The minimum Gasteiger partial charge on any atom is -0.336 e. The first-order valence-electron chi connectivity index (χ1n) is 5.98. The molecule has 20 heavy (non-hydrogen) atoms. The maximum Gasteiger partial charge on any atom is 0.254 e. The fraction of sp³-hybridized carbons (Fsp3) is 0.417. The van der Waals surface area contributed by atoms with Crippen molar-refractivity contribution in [3.63, 3.8) is 0 Å². The fourth-order valence-corrected chi connectivity index (χ4v) is 3.77. The molecule has 0 saturated carbocycles. The average molecular weight is 382 g/mol. The van der Waals surface area contributed by atoms with Crippen molar-refractivity contribution >= 4 is 43.5 Å². The summed E-state index contributed by atoms with van der Waals surface area (Å²) in [5.41, 5.74) is 0.497. The highest BCUT2D eigenvalue weighted by atomic mass is 79.9. The van der Waals surface area contributed by atoms with Gasteiger partial charge in [0.25, 0.3) is 5.91 Å². The number of carbonyl (C=O) groups excluding carboxylic acids is 1. The van der Waals surface area contributed by atoms with E-state index in [2.05, 4.69) is 15.9 Å². The molecular weight excluding hydrogens is 368 g/mol. The van der Waals surface area contributed by atoms with Gasteiger partial charge in [-0.15, -0.1) is 0 Å². The Balaban J connectivity index is 2.09. The molecule has 0 N–H and O–H groups in total. The van der Waals surface area contributed by atoms with E-state index in [1.165, 1.54) is 10.6 Å². The third kappa shape index (κ3) is 3.72. The summed E-state index contributed by atoms with van der Waals surface area (Å²) in [6.07, 6.45) is 1.18. The molecule has 0 bridgehead atoms. The number of nitrogens with zero attached hydrogens (tertiary/aromatic N) is 2. The molecule has 1 fully saturated rings. The first-order valence-corrected chi connectivity index (χ1v) is 9.00. The van der Waals surface area contributed by atoms with Gasteiger partial charge in [-0.3, -0.25) is 4.79 Å². The summed E-state index contributed by atoms with van der Waals surface area (Å²) in [6.45, 7) is 1.42. The van der Waals surface area contributed by atoms with Crippen LogP contribution in [0.1, 0.15) is 10.4 Å². The standard InChI is InChI=1S/C12H14BrClN2O3S/c1-20(18,19)16-4-2-15(3-5-16)12(17)9-6-10(13)8-11(14)7-9/h6-8H,2-5H2,1H3. The lowest BCUT2D eigenvalue weighted by molar-refractivity contribution is 0.0698. The van der Waals surface area contributed by atoms with Crippen molar-refractivity contribution < 1.29 is 13.2 Å². The van der Waals surface area contributed by atoms with Gasteiger partial charge in [-0.2, -0.15) is 4.31 Å². The minimum absolute atomic E-state index is 0.138. The lowest BCUT2D eigenvalue weighted by Crippen LogP contribution is -2.50. The number of hydrogen-bond donors (Lipinski definition) is 0. The van der Waals surface area contributed by atoms with Crippen LogP contribution < -0.4 is 0 Å². The van der Waals surface area contributed by atoms with E-state index in [9.17, 15) is 13.2 Å². The molecule has 0 unspecified atom stereocenters. The highest BCUT2D eigenvalue weighted by molar-refractivity contribution is 9.10. The van der Waals surface area contributed by atoms with Crippen molar-refractivity contribution in [2.24, 2.45) is 0 Å². The smallest absolute Gasteiger partial charge is 0.254 e. The Hall–Kier alpha value is -0.630. The predicted molar refractivity (Wildman–Crippen MR) is 81.5 cm³/mol. The van der Waals surface area contributed by atoms with Gasteiger partial charge in [-0.25, -0.2) is 8.42 Å². The Kier molecular flexibility index (Phi) is 4.73. The Morgan fingerprint density at radius 2 is 1.80 bits per heavy atom. The van der Waals surface area contributed by atoms with Gasteiger partial charge in [0.05, 0.1) is 6.26 Å². The summed E-state index contributed by atoms with van der Waals surface area (Å²) < 4.78 is 25.0. The molecule has 1 aliphatic rings. The molecule has 1 aromatic rings. The molecule has 1 amide bonds. The van der Waals surface area contributed by atoms with Crippen LogP contribution in [0, 0.1) is 0 Å². The van der Waals surface area contributed by atoms with E-state index in [0.717, 1.165) is 4.47 Å². The fourth-order valence-electron chi connectivity index (χ4n) is 2.08. The normalized spacial score (nSPS) is 17.2. The van der Waals surface area contributed by atoms with Crippen molar-refractivity contribution in [2.75, 3.05) is 32.4 Å². The zero-order chi connectivity index (χ0) is 14.9. The largest absolute Gasteiger partial charge is 0.336 e. The zero-order valence-corrected chi connectivity index (χ0v) is 14.0. The highest BCUT2D eigenvalue weighted by Crippen LogP contribution is 2.21. The monoisotopic (exact) mass is 380 g/mol. The maximum atomic E-state index is 12.3. The number of amides is 1. The number of piperazine rings is 1. The molecule has 0 spiro atoms. The molecule has 110 valence electrons. The summed E-state index contributed by atoms with van der Waals surface area (Å²) in [4.78, 5) is 14.0. The summed E-state index contributed by atoms with van der Waals surface area (Å²) >= 11 is 9.23. The first kappa shape index (κ1) is 15.8. The molecule has 2 rings (SSSR count). The Morgan fingerprint density at radius 1 is 1.20 bits per heavy atom. The third-order valence-electron chi connectivity index (χ3n) is 3.10. The second-order valence-electron chi connectivity index (χ2n) is 4.61. The minimum atomic E-state index is -3.19. The van der Waals surface area contributed by atoms with Crippen LogP contribution in [0.2, 0.25) is 5.02 Å². The number of rotatable bonds is 2. The molecule has 1 aliphatic heterocycles. The Bertz CT molecular complexity index is 607. The second-order valence-corrected chi connectivity index (χ2v) is 7.95. The zero-order valence-electron chi connectivity index (χ0n) is 10.8. The number of benzene rings is 1. The summed E-state index contributed by atoms with van der Waals surface area (Å²) in [5, 5.41) is 0.484. The highest BCUT2D eigenvalue weighted by Gasteiger charge is 2.26. The Morgan fingerprint density at radius 3 is 2.30 bits per heavy atom. The second kappa shape index (κ2) is 6.01. The lowest BCUT2D eigenvalue weighted by atomic mass is 10.2. The summed E-state index contributed by atoms with van der Waals surface area (Å²) in [5.74, 6) is -0.138. The van der Waals surface area contributed by atoms with Gasteiger partial charge < -0.3 is 4.90 Å². The van der Waals surface area contributed by atoms with Crippen molar-refractivity contribution in [3.05, 3.63) is 33.3 Å². The summed E-state index contributed by atoms with van der Waals surface area (Å²) in [7, 11) is -3.19. The van der Waals surface area contributed by atoms with Gasteiger partial charge in [0, 0.05) is 41.2 Å². The molecule has 1 heterocycles. The average Bonchev–Trinajstić information content (AvgIpc) is 2.36. The van der Waals surface area contributed by atoms with E-state index in [-0.39, 0.29) is 5.91 Å². The number of sulfonamides is 1. The van der Waals surface area contributed by atoms with Crippen LogP contribution >= 0.6 is 27.5 Å². The van der Waals surface area contributed by atoms with Crippen LogP contribution in [-0.4, -0.2) is 56.0 Å².